The van der Waals surface area contributed by atoms with E-state index in [1.165, 1.54) is 199 Å². The van der Waals surface area contributed by atoms with E-state index >= 15 is 0 Å². The molecular weight excluding hydrogens is 985 g/mol. The van der Waals surface area contributed by atoms with Crippen LogP contribution < -0.4 is 0 Å². The summed E-state index contributed by atoms with van der Waals surface area (Å²) < 4.78 is 17.0. The van der Waals surface area contributed by atoms with E-state index in [1.54, 1.807) is 0 Å². The largest absolute Gasteiger partial charge is 0.462 e. The summed E-state index contributed by atoms with van der Waals surface area (Å²) in [5, 5.41) is 0. The Hall–Kier alpha value is -3.41. The van der Waals surface area contributed by atoms with Gasteiger partial charge in [-0.3, -0.25) is 14.4 Å². The topological polar surface area (TPSA) is 78.9 Å². The lowest BCUT2D eigenvalue weighted by molar-refractivity contribution is -0.167. The quantitative estimate of drug-likeness (QED) is 0.0261. The monoisotopic (exact) mass is 1110 g/mol. The number of unbranched alkanes of at least 4 members (excludes halogenated alkanes) is 38. The lowest BCUT2D eigenvalue weighted by Gasteiger charge is -2.18. The van der Waals surface area contributed by atoms with Crippen molar-refractivity contribution in [3.8, 4) is 0 Å². The van der Waals surface area contributed by atoms with E-state index in [2.05, 4.69) is 106 Å². The minimum absolute atomic E-state index is 0.0802. The van der Waals surface area contributed by atoms with Crippen molar-refractivity contribution in [2.24, 2.45) is 0 Å². The van der Waals surface area contributed by atoms with Gasteiger partial charge in [0.15, 0.2) is 6.10 Å². The van der Waals surface area contributed by atoms with E-state index in [1.807, 2.05) is 0 Å². The van der Waals surface area contributed by atoms with Gasteiger partial charge in [-0.25, -0.2) is 0 Å². The van der Waals surface area contributed by atoms with Crippen LogP contribution in [0.1, 0.15) is 348 Å². The summed E-state index contributed by atoms with van der Waals surface area (Å²) in [4.78, 5) is 38.5. The third-order valence-corrected chi connectivity index (χ3v) is 15.1. The minimum atomic E-state index is -0.785. The second kappa shape index (κ2) is 68.1. The molecule has 0 N–H and O–H groups in total. The van der Waals surface area contributed by atoms with Gasteiger partial charge in [0.25, 0.3) is 0 Å². The van der Waals surface area contributed by atoms with Gasteiger partial charge in [0, 0.05) is 19.3 Å². The third kappa shape index (κ3) is 65.4. The molecule has 0 heterocycles. The Balaban J connectivity index is 4.39. The number of allylic oxidation sites excluding steroid dienone is 14. The number of hydrogen-bond acceptors (Lipinski definition) is 6. The van der Waals surface area contributed by atoms with Crippen molar-refractivity contribution in [1.82, 2.24) is 0 Å². The lowest BCUT2D eigenvalue weighted by Crippen LogP contribution is -2.30. The molecule has 462 valence electrons. The SMILES string of the molecule is CC/C=C\C/C=C\C/C=C\C/C=C\C/C=C\C/C=C\CCCCCCCCC(=O)OCC(COC(=O)CCCCCCCCC/C=C\CCCCCCCCC)OC(=O)CCCCCCCCCCCCCCCCCCCCC. The van der Waals surface area contributed by atoms with Crippen LogP contribution in [0.4, 0.5) is 0 Å². The standard InChI is InChI=1S/C74H130O6/c1-4-7-10-13-16-19-22-25-28-31-34-35-36-37-38-39-41-43-46-49-52-55-58-61-64-67-73(76)79-70-71(69-78-72(75)66-63-60-57-54-51-48-45-42-33-30-27-24-21-18-15-12-9-6-3)80-74(77)68-65-62-59-56-53-50-47-44-40-32-29-26-23-20-17-14-11-8-5-2/h7,10,16,19,25,28,30,33-35,37-38,41,43,71H,4-6,8-9,11-15,17-18,20-24,26-27,29,31-32,36,39-40,42,44-70H2,1-3H3/b10-7-,19-16-,28-25-,33-30-,35-34-,38-37-,43-41-. The predicted molar refractivity (Wildman–Crippen MR) is 348 cm³/mol. The van der Waals surface area contributed by atoms with E-state index in [-0.39, 0.29) is 31.1 Å². The molecule has 0 aromatic rings. The van der Waals surface area contributed by atoms with E-state index < -0.39 is 6.10 Å². The molecule has 0 aliphatic carbocycles. The number of carbonyl (C=O) groups is 3. The van der Waals surface area contributed by atoms with Gasteiger partial charge in [-0.05, 0) is 96.3 Å². The highest BCUT2D eigenvalue weighted by molar-refractivity contribution is 5.71. The number of hydrogen-bond donors (Lipinski definition) is 0. The first-order valence-corrected chi connectivity index (χ1v) is 34.6. The maximum Gasteiger partial charge on any atom is 0.306 e. The van der Waals surface area contributed by atoms with E-state index in [0.29, 0.717) is 19.3 Å². The molecule has 0 radical (unpaired) electrons. The molecule has 0 saturated carbocycles. The molecule has 6 nitrogen and oxygen atoms in total. The van der Waals surface area contributed by atoms with Gasteiger partial charge in [0.2, 0.25) is 0 Å². The minimum Gasteiger partial charge on any atom is -0.462 e. The van der Waals surface area contributed by atoms with Crippen LogP contribution in [-0.4, -0.2) is 37.2 Å². The lowest BCUT2D eigenvalue weighted by atomic mass is 10.0. The zero-order valence-electron chi connectivity index (χ0n) is 53.1. The molecule has 1 atom stereocenters. The normalized spacial score (nSPS) is 12.6. The first kappa shape index (κ1) is 76.6. The number of rotatable bonds is 63. The van der Waals surface area contributed by atoms with Crippen LogP contribution in [0, 0.1) is 0 Å². The predicted octanol–water partition coefficient (Wildman–Crippen LogP) is 23.8. The molecule has 0 bridgehead atoms. The molecule has 0 aliphatic heterocycles. The second-order valence-corrected chi connectivity index (χ2v) is 23.1. The van der Waals surface area contributed by atoms with Crippen molar-refractivity contribution < 1.29 is 28.6 Å². The Kier molecular flexibility index (Phi) is 65.2. The summed E-state index contributed by atoms with van der Waals surface area (Å²) >= 11 is 0. The maximum atomic E-state index is 13.0. The summed E-state index contributed by atoms with van der Waals surface area (Å²) in [6.07, 6.45) is 90.2. The highest BCUT2D eigenvalue weighted by atomic mass is 16.6. The molecule has 6 heteroatoms. The Bertz CT molecular complexity index is 1520. The van der Waals surface area contributed by atoms with Crippen molar-refractivity contribution in [3.63, 3.8) is 0 Å². The molecule has 0 amide bonds. The van der Waals surface area contributed by atoms with Crippen molar-refractivity contribution >= 4 is 17.9 Å². The first-order chi connectivity index (χ1) is 39.5. The van der Waals surface area contributed by atoms with Gasteiger partial charge < -0.3 is 14.2 Å². The molecule has 0 aromatic carbocycles. The summed E-state index contributed by atoms with van der Waals surface area (Å²) in [6, 6.07) is 0. The van der Waals surface area contributed by atoms with Crippen LogP contribution in [-0.2, 0) is 28.6 Å². The van der Waals surface area contributed by atoms with Crippen molar-refractivity contribution in [2.75, 3.05) is 13.2 Å². The van der Waals surface area contributed by atoms with Crippen molar-refractivity contribution in [3.05, 3.63) is 85.1 Å². The van der Waals surface area contributed by atoms with Crippen LogP contribution in [0.25, 0.3) is 0 Å². The zero-order chi connectivity index (χ0) is 57.8. The number of ether oxygens (including phenoxy) is 3. The average Bonchev–Trinajstić information content (AvgIpc) is 3.46. The Labute approximate surface area is 496 Å². The van der Waals surface area contributed by atoms with Crippen molar-refractivity contribution in [2.45, 2.75) is 354 Å². The fourth-order valence-electron chi connectivity index (χ4n) is 9.97. The maximum absolute atomic E-state index is 13.0. The molecule has 0 fully saturated rings. The van der Waals surface area contributed by atoms with Crippen LogP contribution in [0.5, 0.6) is 0 Å². The smallest absolute Gasteiger partial charge is 0.306 e. The molecule has 0 spiro atoms. The molecule has 1 unspecified atom stereocenters. The molecule has 80 heavy (non-hydrogen) atoms. The zero-order valence-corrected chi connectivity index (χ0v) is 53.1. The fraction of sp³-hybridized carbons (Fsp3) is 0.770. The highest BCUT2D eigenvalue weighted by Gasteiger charge is 2.19. The molecular formula is C74H130O6. The molecule has 0 aromatic heterocycles. The van der Waals surface area contributed by atoms with Gasteiger partial charge in [0.1, 0.15) is 13.2 Å². The van der Waals surface area contributed by atoms with E-state index in [0.717, 1.165) is 109 Å². The van der Waals surface area contributed by atoms with Crippen LogP contribution in [0.2, 0.25) is 0 Å². The Morgan fingerprint density at radius 2 is 0.487 bits per heavy atom. The van der Waals surface area contributed by atoms with Gasteiger partial charge in [-0.2, -0.15) is 0 Å². The Morgan fingerprint density at radius 1 is 0.263 bits per heavy atom. The summed E-state index contributed by atoms with van der Waals surface area (Å²) in [5.41, 5.74) is 0. The molecule has 0 saturated heterocycles. The summed E-state index contributed by atoms with van der Waals surface area (Å²) in [7, 11) is 0. The van der Waals surface area contributed by atoms with Gasteiger partial charge >= 0.3 is 17.9 Å². The average molecular weight is 1120 g/mol. The molecule has 0 rings (SSSR count). The fourth-order valence-corrected chi connectivity index (χ4v) is 9.97. The molecule has 0 aliphatic rings. The first-order valence-electron chi connectivity index (χ1n) is 34.6. The van der Waals surface area contributed by atoms with Gasteiger partial charge in [-0.15, -0.1) is 0 Å². The summed E-state index contributed by atoms with van der Waals surface area (Å²) in [6.45, 7) is 6.56. The third-order valence-electron chi connectivity index (χ3n) is 15.1. The number of esters is 3. The summed E-state index contributed by atoms with van der Waals surface area (Å²) in [5.74, 6) is -0.879. The van der Waals surface area contributed by atoms with Crippen LogP contribution in [0.3, 0.4) is 0 Å². The second-order valence-electron chi connectivity index (χ2n) is 23.1. The highest BCUT2D eigenvalue weighted by Crippen LogP contribution is 2.17. The van der Waals surface area contributed by atoms with E-state index in [4.69, 9.17) is 14.2 Å². The van der Waals surface area contributed by atoms with Crippen molar-refractivity contribution in [1.29, 1.82) is 0 Å². The van der Waals surface area contributed by atoms with E-state index in [9.17, 15) is 14.4 Å². The van der Waals surface area contributed by atoms with Crippen LogP contribution in [0.15, 0.2) is 85.1 Å². The number of carbonyl (C=O) groups excluding carboxylic acids is 3. The Morgan fingerprint density at radius 3 is 0.775 bits per heavy atom. The van der Waals surface area contributed by atoms with Crippen LogP contribution >= 0.6 is 0 Å². The van der Waals surface area contributed by atoms with Gasteiger partial charge in [0.05, 0.1) is 0 Å². The van der Waals surface area contributed by atoms with Gasteiger partial charge in [-0.1, -0.05) is 318 Å².